The molecule has 1 atom stereocenters. The Bertz CT molecular complexity index is 911. The minimum atomic E-state index is -0.532. The first-order valence-corrected chi connectivity index (χ1v) is 8.46. The summed E-state index contributed by atoms with van der Waals surface area (Å²) in [6.45, 7) is 6.23. The van der Waals surface area contributed by atoms with Gasteiger partial charge in [-0.05, 0) is 42.0 Å². The van der Waals surface area contributed by atoms with Crippen molar-refractivity contribution in [2.75, 3.05) is 12.3 Å². The summed E-state index contributed by atoms with van der Waals surface area (Å²) in [7, 11) is 0. The third-order valence-corrected chi connectivity index (χ3v) is 4.99. The minimum absolute atomic E-state index is 0.176. The summed E-state index contributed by atoms with van der Waals surface area (Å²) in [4.78, 5) is 15.4. The fraction of sp³-hybridized carbons (Fsp3) is 0.350. The van der Waals surface area contributed by atoms with Gasteiger partial charge in [-0.1, -0.05) is 26.0 Å². The van der Waals surface area contributed by atoms with E-state index in [9.17, 15) is 10.1 Å². The number of nitrogen functional groups attached to an aromatic ring is 1. The number of nitriles is 1. The molecule has 1 aromatic carbocycles. The number of carbonyl (C=O) groups is 1. The van der Waals surface area contributed by atoms with Gasteiger partial charge in [-0.25, -0.2) is 4.98 Å². The molecule has 1 saturated carbocycles. The van der Waals surface area contributed by atoms with Gasteiger partial charge >= 0.3 is 0 Å². The molecule has 3 rings (SSSR count). The van der Waals surface area contributed by atoms with Crippen LogP contribution >= 0.6 is 0 Å². The molecule has 26 heavy (non-hydrogen) atoms. The summed E-state index contributed by atoms with van der Waals surface area (Å²) in [6.07, 6.45) is 1.06. The number of hydrogen-bond acceptors (Lipinski definition) is 5. The molecule has 0 spiro atoms. The van der Waals surface area contributed by atoms with Crippen molar-refractivity contribution in [3.63, 3.8) is 0 Å². The Morgan fingerprint density at radius 2 is 2.00 bits per heavy atom. The number of nitrogens with zero attached hydrogens (tertiary/aromatic N) is 2. The fourth-order valence-corrected chi connectivity index (χ4v) is 3.33. The van der Waals surface area contributed by atoms with Crippen molar-refractivity contribution in [1.82, 2.24) is 4.98 Å². The van der Waals surface area contributed by atoms with Crippen molar-refractivity contribution in [3.8, 4) is 22.9 Å². The molecule has 134 valence electrons. The highest BCUT2D eigenvalue weighted by Crippen LogP contribution is 2.59. The average molecular weight is 350 g/mol. The van der Waals surface area contributed by atoms with Gasteiger partial charge in [0.1, 0.15) is 23.2 Å². The number of pyridine rings is 1. The Morgan fingerprint density at radius 3 is 2.50 bits per heavy atom. The van der Waals surface area contributed by atoms with Crippen LogP contribution in [0.5, 0.6) is 5.75 Å². The lowest BCUT2D eigenvalue weighted by molar-refractivity contribution is -0.119. The molecular formula is C20H22N4O2. The molecule has 1 unspecified atom stereocenters. The predicted molar refractivity (Wildman–Crippen MR) is 99.4 cm³/mol. The molecule has 1 amide bonds. The van der Waals surface area contributed by atoms with Crippen LogP contribution in [0, 0.1) is 23.7 Å². The van der Waals surface area contributed by atoms with E-state index in [1.54, 1.807) is 12.1 Å². The number of rotatable bonds is 5. The molecule has 1 heterocycles. The molecule has 6 nitrogen and oxygen atoms in total. The lowest BCUT2D eigenvalue weighted by Gasteiger charge is -2.16. The first kappa shape index (κ1) is 17.7. The largest absolute Gasteiger partial charge is 0.484 e. The zero-order valence-corrected chi connectivity index (χ0v) is 15.2. The second-order valence-electron chi connectivity index (χ2n) is 7.39. The monoisotopic (exact) mass is 350 g/mol. The van der Waals surface area contributed by atoms with E-state index in [1.807, 2.05) is 19.1 Å². The highest BCUT2D eigenvalue weighted by Gasteiger charge is 2.48. The van der Waals surface area contributed by atoms with E-state index in [0.29, 0.717) is 17.2 Å². The summed E-state index contributed by atoms with van der Waals surface area (Å²) >= 11 is 0. The molecule has 0 radical (unpaired) electrons. The van der Waals surface area contributed by atoms with Gasteiger partial charge in [0.2, 0.25) is 0 Å². The smallest absolute Gasteiger partial charge is 0.255 e. The second kappa shape index (κ2) is 6.34. The van der Waals surface area contributed by atoms with Crippen molar-refractivity contribution in [1.29, 1.82) is 5.26 Å². The van der Waals surface area contributed by atoms with E-state index in [2.05, 4.69) is 24.9 Å². The van der Waals surface area contributed by atoms with Gasteiger partial charge in [0, 0.05) is 11.5 Å². The number of primary amides is 1. The van der Waals surface area contributed by atoms with Crippen LogP contribution in [0.2, 0.25) is 0 Å². The van der Waals surface area contributed by atoms with Crippen LogP contribution in [-0.4, -0.2) is 17.5 Å². The SMILES string of the molecule is Cc1c(C2CC2(C)C)nc(N)c(C#N)c1-c1ccc(OCC(N)=O)cc1. The number of aromatic nitrogens is 1. The highest BCUT2D eigenvalue weighted by atomic mass is 16.5. The van der Waals surface area contributed by atoms with Gasteiger partial charge in [0.05, 0.1) is 5.69 Å². The number of nitrogens with two attached hydrogens (primary N) is 2. The summed E-state index contributed by atoms with van der Waals surface area (Å²) < 4.78 is 5.29. The molecular weight excluding hydrogens is 328 g/mol. The van der Waals surface area contributed by atoms with E-state index in [0.717, 1.165) is 28.8 Å². The normalized spacial score (nSPS) is 17.4. The van der Waals surface area contributed by atoms with E-state index in [-0.39, 0.29) is 17.8 Å². The Balaban J connectivity index is 2.03. The van der Waals surface area contributed by atoms with E-state index < -0.39 is 5.91 Å². The molecule has 2 aromatic rings. The van der Waals surface area contributed by atoms with Gasteiger partial charge in [0.25, 0.3) is 5.91 Å². The van der Waals surface area contributed by atoms with Crippen LogP contribution in [0.15, 0.2) is 24.3 Å². The molecule has 4 N–H and O–H groups in total. The number of carbonyl (C=O) groups excluding carboxylic acids is 1. The van der Waals surface area contributed by atoms with Crippen molar-refractivity contribution in [2.24, 2.45) is 11.1 Å². The third-order valence-electron chi connectivity index (χ3n) is 4.99. The van der Waals surface area contributed by atoms with Crippen LogP contribution in [0.25, 0.3) is 11.1 Å². The summed E-state index contributed by atoms with van der Waals surface area (Å²) in [6, 6.07) is 9.37. The predicted octanol–water partition coefficient (Wildman–Crippen LogP) is 2.89. The maximum Gasteiger partial charge on any atom is 0.255 e. The van der Waals surface area contributed by atoms with Crippen LogP contribution in [0.3, 0.4) is 0 Å². The topological polar surface area (TPSA) is 115 Å². The zero-order valence-electron chi connectivity index (χ0n) is 15.2. The van der Waals surface area contributed by atoms with Crippen molar-refractivity contribution < 1.29 is 9.53 Å². The zero-order chi connectivity index (χ0) is 19.1. The van der Waals surface area contributed by atoms with Crippen LogP contribution < -0.4 is 16.2 Å². The first-order chi connectivity index (χ1) is 12.2. The number of benzene rings is 1. The van der Waals surface area contributed by atoms with Gasteiger partial charge in [-0.2, -0.15) is 5.26 Å². The maximum atomic E-state index is 10.8. The summed E-state index contributed by atoms with van der Waals surface area (Å²) in [5.74, 6) is 0.624. The second-order valence-corrected chi connectivity index (χ2v) is 7.39. The lowest BCUT2D eigenvalue weighted by Crippen LogP contribution is -2.19. The quantitative estimate of drug-likeness (QED) is 0.860. The number of amides is 1. The minimum Gasteiger partial charge on any atom is -0.484 e. The van der Waals surface area contributed by atoms with Crippen molar-refractivity contribution in [2.45, 2.75) is 33.1 Å². The highest BCUT2D eigenvalue weighted by molar-refractivity contribution is 5.79. The Morgan fingerprint density at radius 1 is 1.38 bits per heavy atom. The van der Waals surface area contributed by atoms with Crippen LogP contribution in [0.4, 0.5) is 5.82 Å². The van der Waals surface area contributed by atoms with Crippen molar-refractivity contribution >= 4 is 11.7 Å². The molecule has 0 bridgehead atoms. The Labute approximate surface area is 152 Å². The Kier molecular flexibility index (Phi) is 4.33. The molecule has 0 aliphatic heterocycles. The van der Waals surface area contributed by atoms with Gasteiger partial charge in [0.15, 0.2) is 6.61 Å². The number of ether oxygens (including phenoxy) is 1. The van der Waals surface area contributed by atoms with Gasteiger partial charge in [-0.15, -0.1) is 0 Å². The lowest BCUT2D eigenvalue weighted by atomic mass is 9.92. The van der Waals surface area contributed by atoms with Gasteiger partial charge < -0.3 is 16.2 Å². The number of anilines is 1. The van der Waals surface area contributed by atoms with E-state index in [4.69, 9.17) is 16.2 Å². The van der Waals surface area contributed by atoms with Crippen molar-refractivity contribution in [3.05, 3.63) is 41.1 Å². The molecule has 1 aromatic heterocycles. The van der Waals surface area contributed by atoms with Gasteiger partial charge in [-0.3, -0.25) is 4.79 Å². The molecule has 0 saturated heterocycles. The van der Waals surface area contributed by atoms with E-state index in [1.165, 1.54) is 0 Å². The Hall–Kier alpha value is -3.07. The average Bonchev–Trinajstić information content (AvgIpc) is 3.23. The first-order valence-electron chi connectivity index (χ1n) is 8.46. The molecule has 1 aliphatic rings. The summed E-state index contributed by atoms with van der Waals surface area (Å²) in [5.41, 5.74) is 15.4. The molecule has 6 heteroatoms. The fourth-order valence-electron chi connectivity index (χ4n) is 3.33. The summed E-state index contributed by atoms with van der Waals surface area (Å²) in [5, 5.41) is 9.59. The van der Waals surface area contributed by atoms with E-state index >= 15 is 0 Å². The van der Waals surface area contributed by atoms with Crippen LogP contribution in [0.1, 0.15) is 43.0 Å². The number of hydrogen-bond donors (Lipinski definition) is 2. The van der Waals surface area contributed by atoms with Crippen LogP contribution in [-0.2, 0) is 4.79 Å². The standard InChI is InChI=1S/C20H22N4O2/c1-11-17(12-4-6-13(7-5-12)26-10-16(22)25)14(9-21)19(23)24-18(11)15-8-20(15,2)3/h4-7,15H,8,10H2,1-3H3,(H2,22,25)(H2,23,24). The molecule has 1 aliphatic carbocycles. The maximum absolute atomic E-state index is 10.8. The molecule has 1 fully saturated rings. The third kappa shape index (κ3) is 3.21.